The molecule has 4 aromatic rings. The van der Waals surface area contributed by atoms with Crippen molar-refractivity contribution in [1.29, 1.82) is 0 Å². The number of hydrogen-bond donors (Lipinski definition) is 3. The Bertz CT molecular complexity index is 1440. The molecule has 0 aliphatic carbocycles. The van der Waals surface area contributed by atoms with Gasteiger partial charge in [-0.05, 0) is 74.9 Å². The number of amides is 2. The van der Waals surface area contributed by atoms with Crippen molar-refractivity contribution in [3.8, 4) is 0 Å². The topological polar surface area (TPSA) is 118 Å². The monoisotopic (exact) mass is 536 g/mol. The summed E-state index contributed by atoms with van der Waals surface area (Å²) in [7, 11) is 0. The molecule has 0 saturated heterocycles. The molecule has 11 heteroatoms. The summed E-state index contributed by atoms with van der Waals surface area (Å²) in [6.07, 6.45) is 2.78. The summed E-state index contributed by atoms with van der Waals surface area (Å²) in [5.74, 6) is -0.476. The Kier molecular flexibility index (Phi) is 8.16. The summed E-state index contributed by atoms with van der Waals surface area (Å²) in [5.41, 5.74) is 2.59. The van der Waals surface area contributed by atoms with Crippen LogP contribution in [0.4, 0.5) is 20.8 Å². The lowest BCUT2D eigenvalue weighted by Gasteiger charge is -2.19. The quantitative estimate of drug-likeness (QED) is 0.264. The number of anilines is 2. The van der Waals surface area contributed by atoms with Crippen LogP contribution < -0.4 is 16.0 Å². The van der Waals surface area contributed by atoms with E-state index in [1.807, 2.05) is 30.5 Å². The van der Waals surface area contributed by atoms with E-state index in [9.17, 15) is 14.0 Å². The molecule has 198 valence electrons. The van der Waals surface area contributed by atoms with Crippen LogP contribution in [0.2, 0.25) is 0 Å². The predicted molar refractivity (Wildman–Crippen MR) is 146 cm³/mol. The Morgan fingerprint density at radius 3 is 2.58 bits per heavy atom. The summed E-state index contributed by atoms with van der Waals surface area (Å²) < 4.78 is 19.5. The Morgan fingerprint density at radius 1 is 1.11 bits per heavy atom. The number of halogens is 1. The molecule has 0 aliphatic rings. The molecule has 9 nitrogen and oxygen atoms in total. The largest absolute Gasteiger partial charge is 0.444 e. The molecule has 3 aromatic heterocycles. The Balaban J connectivity index is 1.37. The number of thiophene rings is 1. The highest BCUT2D eigenvalue weighted by atomic mass is 32.1. The minimum absolute atomic E-state index is 0.269. The first-order valence-corrected chi connectivity index (χ1v) is 12.9. The van der Waals surface area contributed by atoms with Gasteiger partial charge in [-0.25, -0.2) is 19.2 Å². The minimum atomic E-state index is -0.575. The first-order valence-electron chi connectivity index (χ1n) is 12.1. The number of pyridine rings is 1. The van der Waals surface area contributed by atoms with Crippen LogP contribution in [0.25, 0.3) is 10.2 Å². The zero-order valence-corrected chi connectivity index (χ0v) is 22.4. The molecule has 0 aliphatic heterocycles. The van der Waals surface area contributed by atoms with Gasteiger partial charge in [0.1, 0.15) is 11.4 Å². The number of aromatic nitrogens is 3. The molecule has 0 bridgehead atoms. The van der Waals surface area contributed by atoms with Crippen molar-refractivity contribution in [1.82, 2.24) is 20.3 Å². The van der Waals surface area contributed by atoms with Crippen molar-refractivity contribution >= 4 is 45.2 Å². The maximum absolute atomic E-state index is 13.6. The third-order valence-corrected chi connectivity index (χ3v) is 6.30. The molecular weight excluding hydrogens is 507 g/mol. The highest BCUT2D eigenvalue weighted by Crippen LogP contribution is 2.25. The van der Waals surface area contributed by atoms with Crippen LogP contribution in [0.15, 0.2) is 54.2 Å². The lowest BCUT2D eigenvalue weighted by atomic mass is 10.1. The van der Waals surface area contributed by atoms with Crippen molar-refractivity contribution in [2.45, 2.75) is 45.8 Å². The number of hydrogen-bond acceptors (Lipinski definition) is 8. The van der Waals surface area contributed by atoms with Crippen molar-refractivity contribution in [2.75, 3.05) is 17.2 Å². The van der Waals surface area contributed by atoms with Crippen LogP contribution in [0.5, 0.6) is 0 Å². The Labute approximate surface area is 223 Å². The molecule has 2 amide bonds. The maximum atomic E-state index is 13.6. The molecule has 3 heterocycles. The molecule has 3 N–H and O–H groups in total. The van der Waals surface area contributed by atoms with E-state index < -0.39 is 17.5 Å². The van der Waals surface area contributed by atoms with Crippen molar-refractivity contribution in [3.63, 3.8) is 0 Å². The van der Waals surface area contributed by atoms with Crippen LogP contribution in [-0.4, -0.2) is 39.1 Å². The number of ether oxygens (including phenoxy) is 1. The SMILES string of the molecule is C[C@H](Nc1nc(C(=O)NCCc2ccc(NC(=O)OC(C)(C)C)cc2)c2sccc2n1)c1cncc(F)c1. The van der Waals surface area contributed by atoms with Gasteiger partial charge < -0.3 is 15.4 Å². The molecule has 0 spiro atoms. The van der Waals surface area contributed by atoms with Crippen LogP contribution in [0.1, 0.15) is 55.4 Å². The van der Waals surface area contributed by atoms with Gasteiger partial charge in [0.15, 0.2) is 5.69 Å². The fourth-order valence-corrected chi connectivity index (χ4v) is 4.42. The van der Waals surface area contributed by atoms with Gasteiger partial charge in [-0.15, -0.1) is 11.3 Å². The normalized spacial score (nSPS) is 12.1. The van der Waals surface area contributed by atoms with Gasteiger partial charge in [0.05, 0.1) is 22.5 Å². The molecule has 1 aromatic carbocycles. The van der Waals surface area contributed by atoms with Gasteiger partial charge in [-0.3, -0.25) is 15.1 Å². The van der Waals surface area contributed by atoms with Gasteiger partial charge >= 0.3 is 6.09 Å². The summed E-state index contributed by atoms with van der Waals surface area (Å²) in [6, 6.07) is 10.2. The van der Waals surface area contributed by atoms with Crippen LogP contribution in [0.3, 0.4) is 0 Å². The molecule has 1 atom stereocenters. The van der Waals surface area contributed by atoms with Gasteiger partial charge in [0.25, 0.3) is 5.91 Å². The van der Waals surface area contributed by atoms with Crippen molar-refractivity contribution in [2.24, 2.45) is 0 Å². The summed E-state index contributed by atoms with van der Waals surface area (Å²) in [5, 5.41) is 10.6. The van der Waals surface area contributed by atoms with E-state index in [2.05, 4.69) is 30.9 Å². The second-order valence-electron chi connectivity index (χ2n) is 9.66. The highest BCUT2D eigenvalue weighted by molar-refractivity contribution is 7.17. The molecule has 0 radical (unpaired) electrons. The van der Waals surface area contributed by atoms with Crippen LogP contribution in [-0.2, 0) is 11.2 Å². The van der Waals surface area contributed by atoms with Gasteiger partial charge in [0.2, 0.25) is 5.95 Å². The third kappa shape index (κ3) is 7.22. The van der Waals surface area contributed by atoms with E-state index >= 15 is 0 Å². The summed E-state index contributed by atoms with van der Waals surface area (Å²) >= 11 is 1.39. The average Bonchev–Trinajstić information content (AvgIpc) is 3.32. The van der Waals surface area contributed by atoms with Crippen LogP contribution in [0, 0.1) is 5.82 Å². The fourth-order valence-electron chi connectivity index (χ4n) is 3.60. The average molecular weight is 537 g/mol. The fraction of sp³-hybridized carbons (Fsp3) is 0.296. The van der Waals surface area contributed by atoms with E-state index in [1.54, 1.807) is 39.1 Å². The number of nitrogens with one attached hydrogen (secondary N) is 3. The maximum Gasteiger partial charge on any atom is 0.412 e. The third-order valence-electron chi connectivity index (χ3n) is 5.39. The number of benzene rings is 1. The van der Waals surface area contributed by atoms with Gasteiger partial charge in [-0.2, -0.15) is 0 Å². The smallest absolute Gasteiger partial charge is 0.412 e. The lowest BCUT2D eigenvalue weighted by molar-refractivity contribution is 0.0635. The minimum Gasteiger partial charge on any atom is -0.444 e. The number of rotatable bonds is 8. The molecule has 0 fully saturated rings. The standard InChI is InChI=1S/C27H29FN6O3S/c1-16(18-13-19(28)15-29-14-18)31-25-33-21-10-12-38-23(21)22(34-25)24(35)30-11-9-17-5-7-20(8-6-17)32-26(36)37-27(2,3)4/h5-8,10,12-16H,9,11H2,1-4H3,(H,30,35)(H,32,36)(H,31,33,34)/t16-/m0/s1. The second kappa shape index (κ2) is 11.5. The number of carbonyl (C=O) groups is 2. The van der Waals surface area contributed by atoms with Gasteiger partial charge in [-0.1, -0.05) is 12.1 Å². The van der Waals surface area contributed by atoms with Crippen molar-refractivity contribution in [3.05, 3.63) is 76.8 Å². The van der Waals surface area contributed by atoms with Gasteiger partial charge in [0, 0.05) is 18.4 Å². The zero-order valence-electron chi connectivity index (χ0n) is 21.5. The Morgan fingerprint density at radius 2 is 1.87 bits per heavy atom. The number of fused-ring (bicyclic) bond motifs is 1. The van der Waals surface area contributed by atoms with E-state index in [4.69, 9.17) is 4.74 Å². The molecule has 38 heavy (non-hydrogen) atoms. The first-order chi connectivity index (χ1) is 18.1. The summed E-state index contributed by atoms with van der Waals surface area (Å²) in [4.78, 5) is 37.8. The van der Waals surface area contributed by atoms with E-state index in [1.165, 1.54) is 17.4 Å². The number of carbonyl (C=O) groups excluding carboxylic acids is 2. The summed E-state index contributed by atoms with van der Waals surface area (Å²) in [6.45, 7) is 7.64. The van der Waals surface area contributed by atoms with E-state index in [0.29, 0.717) is 34.4 Å². The molecule has 0 unspecified atom stereocenters. The van der Waals surface area contributed by atoms with Crippen LogP contribution >= 0.6 is 11.3 Å². The lowest BCUT2D eigenvalue weighted by Crippen LogP contribution is -2.27. The first kappa shape index (κ1) is 26.9. The van der Waals surface area contributed by atoms with E-state index in [0.717, 1.165) is 11.8 Å². The zero-order chi connectivity index (χ0) is 27.3. The predicted octanol–water partition coefficient (Wildman–Crippen LogP) is 5.72. The van der Waals surface area contributed by atoms with E-state index in [-0.39, 0.29) is 23.6 Å². The Hall–Kier alpha value is -4.12. The van der Waals surface area contributed by atoms with Crippen molar-refractivity contribution < 1.29 is 18.7 Å². The highest BCUT2D eigenvalue weighted by Gasteiger charge is 2.18. The number of nitrogens with zero attached hydrogens (tertiary/aromatic N) is 3. The second-order valence-corrected chi connectivity index (χ2v) is 10.6. The molecular formula is C27H29FN6O3S. The molecule has 4 rings (SSSR count). The molecule has 0 saturated carbocycles.